The number of hydrogen-bond acceptors (Lipinski definition) is 5. The van der Waals surface area contributed by atoms with Gasteiger partial charge in [-0.15, -0.1) is 0 Å². The van der Waals surface area contributed by atoms with Crippen molar-refractivity contribution in [1.82, 2.24) is 10.3 Å². The van der Waals surface area contributed by atoms with Crippen LogP contribution < -0.4 is 5.32 Å². The summed E-state index contributed by atoms with van der Waals surface area (Å²) >= 11 is 0. The third-order valence-electron chi connectivity index (χ3n) is 2.86. The molecule has 20 heavy (non-hydrogen) atoms. The molecule has 0 spiro atoms. The van der Waals surface area contributed by atoms with Gasteiger partial charge in [0.1, 0.15) is 5.76 Å². The van der Waals surface area contributed by atoms with Crippen molar-refractivity contribution in [2.24, 2.45) is 0 Å². The fourth-order valence-corrected chi connectivity index (χ4v) is 1.77. The number of nitro groups is 1. The fraction of sp³-hybridized carbons (Fsp3) is 0.308. The largest absolute Gasteiger partial charge is 0.444 e. The highest BCUT2D eigenvalue weighted by Gasteiger charge is 2.18. The van der Waals surface area contributed by atoms with Crippen LogP contribution in [0.15, 0.2) is 28.8 Å². The monoisotopic (exact) mass is 279 g/mol. The van der Waals surface area contributed by atoms with Crippen LogP contribution in [0.2, 0.25) is 0 Å². The normalized spacial score (nSPS) is 12.3. The maximum atomic E-state index is 13.9. The first-order valence-electron chi connectivity index (χ1n) is 6.06. The summed E-state index contributed by atoms with van der Waals surface area (Å²) in [5.41, 5.74) is -0.293. The highest BCUT2D eigenvalue weighted by atomic mass is 19.1. The molecule has 2 aromatic rings. The van der Waals surface area contributed by atoms with Crippen LogP contribution in [0, 0.1) is 22.9 Å². The molecule has 0 aliphatic rings. The van der Waals surface area contributed by atoms with Crippen molar-refractivity contribution < 1.29 is 13.7 Å². The Morgan fingerprint density at radius 2 is 2.30 bits per heavy atom. The Kier molecular flexibility index (Phi) is 4.09. The van der Waals surface area contributed by atoms with Gasteiger partial charge in [0.2, 0.25) is 11.7 Å². The topological polar surface area (TPSA) is 81.2 Å². The van der Waals surface area contributed by atoms with Crippen molar-refractivity contribution in [3.8, 4) is 0 Å². The number of hydrogen-bond donors (Lipinski definition) is 1. The predicted octanol–water partition coefficient (Wildman–Crippen LogP) is 2.88. The number of nitrogens with zero attached hydrogens (tertiary/aromatic N) is 2. The van der Waals surface area contributed by atoms with E-state index in [2.05, 4.69) is 10.3 Å². The van der Waals surface area contributed by atoms with Crippen molar-refractivity contribution in [3.05, 3.63) is 57.5 Å². The van der Waals surface area contributed by atoms with Crippen molar-refractivity contribution in [3.63, 3.8) is 0 Å². The van der Waals surface area contributed by atoms with Crippen molar-refractivity contribution in [2.75, 3.05) is 0 Å². The quantitative estimate of drug-likeness (QED) is 0.672. The maximum Gasteiger partial charge on any atom is 0.305 e. The van der Waals surface area contributed by atoms with Gasteiger partial charge in [0.05, 0.1) is 17.2 Å². The van der Waals surface area contributed by atoms with E-state index in [0.29, 0.717) is 11.7 Å². The predicted molar refractivity (Wildman–Crippen MR) is 69.5 cm³/mol. The lowest BCUT2D eigenvalue weighted by Gasteiger charge is -2.10. The summed E-state index contributed by atoms with van der Waals surface area (Å²) in [6.07, 6.45) is 1.60. The van der Waals surface area contributed by atoms with Crippen LogP contribution in [-0.2, 0) is 6.54 Å². The van der Waals surface area contributed by atoms with Gasteiger partial charge in [-0.25, -0.2) is 4.98 Å². The molecule has 6 nitrogen and oxygen atoms in total. The van der Waals surface area contributed by atoms with Gasteiger partial charge in [0.15, 0.2) is 0 Å². The summed E-state index contributed by atoms with van der Waals surface area (Å²) in [4.78, 5) is 14.0. The molecule has 1 N–H and O–H groups in total. The van der Waals surface area contributed by atoms with Gasteiger partial charge in [-0.1, -0.05) is 12.1 Å². The SMILES string of the molecule is Cc1cnc(C(C)NCc2cccc([N+](=O)[O-])c2F)o1. The number of benzene rings is 1. The number of nitro benzene ring substituents is 1. The second kappa shape index (κ2) is 5.79. The summed E-state index contributed by atoms with van der Waals surface area (Å²) in [5, 5.41) is 13.7. The van der Waals surface area contributed by atoms with E-state index < -0.39 is 16.4 Å². The van der Waals surface area contributed by atoms with Crippen LogP contribution in [0.25, 0.3) is 0 Å². The number of rotatable bonds is 5. The minimum Gasteiger partial charge on any atom is -0.444 e. The third-order valence-corrected chi connectivity index (χ3v) is 2.86. The molecule has 0 fully saturated rings. The minimum atomic E-state index is -0.819. The number of nitrogens with one attached hydrogen (secondary N) is 1. The van der Waals surface area contributed by atoms with Crippen LogP contribution in [-0.4, -0.2) is 9.91 Å². The van der Waals surface area contributed by atoms with E-state index in [1.165, 1.54) is 12.1 Å². The summed E-state index contributed by atoms with van der Waals surface area (Å²) in [6, 6.07) is 3.88. The van der Waals surface area contributed by atoms with E-state index in [4.69, 9.17) is 4.42 Å². The van der Waals surface area contributed by atoms with E-state index in [0.717, 1.165) is 6.07 Å². The molecule has 0 amide bonds. The molecule has 0 saturated carbocycles. The van der Waals surface area contributed by atoms with E-state index in [1.54, 1.807) is 13.1 Å². The lowest BCUT2D eigenvalue weighted by atomic mass is 10.1. The molecule has 7 heteroatoms. The Labute approximate surface area is 114 Å². The Morgan fingerprint density at radius 3 is 2.90 bits per heavy atom. The molecule has 0 aliphatic carbocycles. The maximum absolute atomic E-state index is 13.9. The summed E-state index contributed by atoms with van der Waals surface area (Å²) < 4.78 is 19.2. The van der Waals surface area contributed by atoms with Crippen molar-refractivity contribution in [1.29, 1.82) is 0 Å². The molecule has 1 unspecified atom stereocenters. The van der Waals surface area contributed by atoms with Crippen molar-refractivity contribution in [2.45, 2.75) is 26.4 Å². The van der Waals surface area contributed by atoms with E-state index in [-0.39, 0.29) is 18.2 Å². The van der Waals surface area contributed by atoms with Gasteiger partial charge in [-0.05, 0) is 13.8 Å². The van der Waals surface area contributed by atoms with Crippen LogP contribution in [0.5, 0.6) is 0 Å². The zero-order valence-corrected chi connectivity index (χ0v) is 11.1. The number of aryl methyl sites for hydroxylation is 1. The van der Waals surface area contributed by atoms with Gasteiger partial charge >= 0.3 is 5.69 Å². The highest BCUT2D eigenvalue weighted by Crippen LogP contribution is 2.21. The molecule has 0 aliphatic heterocycles. The van der Waals surface area contributed by atoms with Gasteiger partial charge in [0.25, 0.3) is 0 Å². The van der Waals surface area contributed by atoms with Crippen LogP contribution >= 0.6 is 0 Å². The molecule has 1 aromatic heterocycles. The Balaban J connectivity index is 2.08. The van der Waals surface area contributed by atoms with Crippen molar-refractivity contribution >= 4 is 5.69 Å². The molecule has 0 bridgehead atoms. The summed E-state index contributed by atoms with van der Waals surface area (Å²) in [6.45, 7) is 3.75. The lowest BCUT2D eigenvalue weighted by Crippen LogP contribution is -2.19. The molecule has 1 atom stereocenters. The summed E-state index contributed by atoms with van der Waals surface area (Å²) in [5.74, 6) is 0.365. The van der Waals surface area contributed by atoms with Crippen LogP contribution in [0.4, 0.5) is 10.1 Å². The first kappa shape index (κ1) is 14.1. The lowest BCUT2D eigenvalue weighted by molar-refractivity contribution is -0.387. The number of oxazole rings is 1. The van der Waals surface area contributed by atoms with E-state index in [9.17, 15) is 14.5 Å². The number of aromatic nitrogens is 1. The Morgan fingerprint density at radius 1 is 1.55 bits per heavy atom. The molecule has 1 heterocycles. The van der Waals surface area contributed by atoms with Gasteiger partial charge in [-0.2, -0.15) is 4.39 Å². The Hall–Kier alpha value is -2.28. The molecule has 0 saturated heterocycles. The summed E-state index contributed by atoms with van der Waals surface area (Å²) in [7, 11) is 0. The second-order valence-corrected chi connectivity index (χ2v) is 4.42. The molecule has 0 radical (unpaired) electrons. The fourth-order valence-electron chi connectivity index (χ4n) is 1.77. The van der Waals surface area contributed by atoms with E-state index >= 15 is 0 Å². The van der Waals surface area contributed by atoms with E-state index in [1.807, 2.05) is 6.92 Å². The molecule has 1 aromatic carbocycles. The first-order valence-corrected chi connectivity index (χ1v) is 6.06. The van der Waals surface area contributed by atoms with Crippen LogP contribution in [0.3, 0.4) is 0 Å². The average molecular weight is 279 g/mol. The molecular formula is C13H14FN3O3. The number of halogens is 1. The standard InChI is InChI=1S/C13H14FN3O3/c1-8-6-16-13(20-8)9(2)15-7-10-4-3-5-11(12(10)14)17(18)19/h3-6,9,15H,7H2,1-2H3. The third kappa shape index (κ3) is 3.00. The molecule has 106 valence electrons. The zero-order chi connectivity index (χ0) is 14.7. The second-order valence-electron chi connectivity index (χ2n) is 4.42. The van der Waals surface area contributed by atoms with Gasteiger partial charge in [0, 0.05) is 18.2 Å². The minimum absolute atomic E-state index is 0.149. The molecule has 2 rings (SSSR count). The smallest absolute Gasteiger partial charge is 0.305 e. The average Bonchev–Trinajstić information content (AvgIpc) is 2.83. The first-order chi connectivity index (χ1) is 9.49. The van der Waals surface area contributed by atoms with Gasteiger partial charge in [-0.3, -0.25) is 10.1 Å². The van der Waals surface area contributed by atoms with Gasteiger partial charge < -0.3 is 9.73 Å². The highest BCUT2D eigenvalue weighted by molar-refractivity contribution is 5.36. The zero-order valence-electron chi connectivity index (χ0n) is 11.1. The molecular weight excluding hydrogens is 265 g/mol. The van der Waals surface area contributed by atoms with Crippen LogP contribution in [0.1, 0.15) is 30.2 Å². The Bertz CT molecular complexity index is 627.